The van der Waals surface area contributed by atoms with Crippen molar-refractivity contribution in [2.75, 3.05) is 13.2 Å². The summed E-state index contributed by atoms with van der Waals surface area (Å²) in [6.07, 6.45) is 12.0. The summed E-state index contributed by atoms with van der Waals surface area (Å²) in [5.41, 5.74) is 0. The van der Waals surface area contributed by atoms with Crippen LogP contribution in [-0.4, -0.2) is 25.2 Å². The number of carbonyl (C=O) groups excluding carboxylic acids is 2. The van der Waals surface area contributed by atoms with Gasteiger partial charge in [-0.25, -0.2) is 0 Å². The molecular weight excluding hydrogens is 316 g/mol. The maximum Gasteiger partial charge on any atom is 0.306 e. The monoisotopic (exact) mass is 352 g/mol. The van der Waals surface area contributed by atoms with Gasteiger partial charge in [-0.05, 0) is 19.3 Å². The molecule has 0 aromatic rings. The van der Waals surface area contributed by atoms with Crippen LogP contribution in [-0.2, 0) is 19.1 Å². The Morgan fingerprint density at radius 2 is 1.20 bits per heavy atom. The Hall–Kier alpha value is -1.50. The summed E-state index contributed by atoms with van der Waals surface area (Å²) in [7, 11) is 0. The van der Waals surface area contributed by atoms with Crippen LogP contribution in [0.4, 0.5) is 0 Å². The third kappa shape index (κ3) is 18.7. The van der Waals surface area contributed by atoms with E-state index >= 15 is 0 Å². The van der Waals surface area contributed by atoms with Crippen molar-refractivity contribution in [1.29, 1.82) is 0 Å². The van der Waals surface area contributed by atoms with E-state index in [-0.39, 0.29) is 24.8 Å². The van der Waals surface area contributed by atoms with Gasteiger partial charge in [-0.2, -0.15) is 0 Å². The van der Waals surface area contributed by atoms with Crippen molar-refractivity contribution in [3.63, 3.8) is 0 Å². The minimum atomic E-state index is -0.309. The Balaban J connectivity index is 3.34. The van der Waals surface area contributed by atoms with Crippen molar-refractivity contribution in [3.05, 3.63) is 0 Å². The molecule has 0 aromatic heterocycles. The highest BCUT2D eigenvalue weighted by Crippen LogP contribution is 2.07. The summed E-state index contributed by atoms with van der Waals surface area (Å²) in [5, 5.41) is 0. The van der Waals surface area contributed by atoms with Gasteiger partial charge in [-0.1, -0.05) is 52.4 Å². The lowest BCUT2D eigenvalue weighted by atomic mass is 10.1. The second kappa shape index (κ2) is 18.8. The summed E-state index contributed by atoms with van der Waals surface area (Å²) >= 11 is 0. The largest absolute Gasteiger partial charge is 0.466 e. The molecular formula is C21H36O4. The molecule has 0 spiro atoms. The number of hydrogen-bond acceptors (Lipinski definition) is 4. The van der Waals surface area contributed by atoms with Crippen LogP contribution in [0.3, 0.4) is 0 Å². The van der Waals surface area contributed by atoms with E-state index in [1.165, 1.54) is 25.7 Å². The minimum Gasteiger partial charge on any atom is -0.466 e. The van der Waals surface area contributed by atoms with E-state index in [0.717, 1.165) is 44.9 Å². The van der Waals surface area contributed by atoms with Gasteiger partial charge in [-0.15, -0.1) is 11.8 Å². The standard InChI is InChI=1S/C21H36O4/c1-3-5-7-8-9-10-11-12-13-15-19-25-21(23)17-16-20(22)24-18-14-6-4-2/h3-4,6,8-19H2,1-2H3. The van der Waals surface area contributed by atoms with Crippen molar-refractivity contribution >= 4 is 11.9 Å². The molecule has 0 saturated carbocycles. The number of hydrogen-bond donors (Lipinski definition) is 0. The zero-order valence-corrected chi connectivity index (χ0v) is 16.2. The topological polar surface area (TPSA) is 52.6 Å². The molecule has 0 unspecified atom stereocenters. The van der Waals surface area contributed by atoms with Crippen LogP contribution >= 0.6 is 0 Å². The van der Waals surface area contributed by atoms with Gasteiger partial charge in [0.25, 0.3) is 0 Å². The molecule has 144 valence electrons. The first-order valence-electron chi connectivity index (χ1n) is 9.97. The van der Waals surface area contributed by atoms with Gasteiger partial charge in [0.2, 0.25) is 0 Å². The Bertz CT molecular complexity index is 392. The Kier molecular flexibility index (Phi) is 17.7. The van der Waals surface area contributed by atoms with Crippen LogP contribution in [0.15, 0.2) is 0 Å². The van der Waals surface area contributed by atoms with E-state index in [9.17, 15) is 9.59 Å². The lowest BCUT2D eigenvalue weighted by Gasteiger charge is -2.06. The van der Waals surface area contributed by atoms with Crippen molar-refractivity contribution in [1.82, 2.24) is 0 Å². The molecule has 0 saturated heterocycles. The van der Waals surface area contributed by atoms with E-state index in [4.69, 9.17) is 9.47 Å². The Morgan fingerprint density at radius 1 is 0.680 bits per heavy atom. The highest BCUT2D eigenvalue weighted by molar-refractivity contribution is 5.77. The predicted octanol–water partition coefficient (Wildman–Crippen LogP) is 5.19. The summed E-state index contributed by atoms with van der Waals surface area (Å²) < 4.78 is 10.2. The fourth-order valence-corrected chi connectivity index (χ4v) is 2.31. The highest BCUT2D eigenvalue weighted by Gasteiger charge is 2.08. The van der Waals surface area contributed by atoms with Gasteiger partial charge in [-0.3, -0.25) is 9.59 Å². The summed E-state index contributed by atoms with van der Waals surface area (Å²) in [6, 6.07) is 0. The zero-order valence-electron chi connectivity index (χ0n) is 16.2. The minimum absolute atomic E-state index is 0.116. The first-order chi connectivity index (χ1) is 12.2. The summed E-state index contributed by atoms with van der Waals surface area (Å²) in [4.78, 5) is 23.0. The molecule has 0 aliphatic rings. The van der Waals surface area contributed by atoms with Gasteiger partial charge < -0.3 is 9.47 Å². The molecule has 0 aliphatic carbocycles. The Labute approximate surface area is 154 Å². The highest BCUT2D eigenvalue weighted by atomic mass is 16.5. The second-order valence-electron chi connectivity index (χ2n) is 6.23. The van der Waals surface area contributed by atoms with Crippen molar-refractivity contribution in [3.8, 4) is 11.8 Å². The maximum absolute atomic E-state index is 11.5. The number of rotatable bonds is 15. The molecule has 0 fully saturated rings. The summed E-state index contributed by atoms with van der Waals surface area (Å²) in [6.45, 7) is 5.07. The van der Waals surface area contributed by atoms with Crippen molar-refractivity contribution in [2.45, 2.75) is 97.3 Å². The molecule has 0 rings (SSSR count). The fourth-order valence-electron chi connectivity index (χ4n) is 2.31. The van der Waals surface area contributed by atoms with Gasteiger partial charge in [0.05, 0.1) is 26.1 Å². The SMILES string of the molecule is CCC#CCCCCCCCCOC(=O)CCC(=O)OCCCCC. The maximum atomic E-state index is 11.5. The zero-order chi connectivity index (χ0) is 18.6. The van der Waals surface area contributed by atoms with Crippen LogP contribution in [0, 0.1) is 11.8 Å². The average Bonchev–Trinajstić information content (AvgIpc) is 2.61. The number of carbonyl (C=O) groups is 2. The smallest absolute Gasteiger partial charge is 0.306 e. The van der Waals surface area contributed by atoms with Gasteiger partial charge >= 0.3 is 11.9 Å². The quantitative estimate of drug-likeness (QED) is 0.231. The molecule has 0 radical (unpaired) electrons. The van der Waals surface area contributed by atoms with Crippen LogP contribution in [0.25, 0.3) is 0 Å². The van der Waals surface area contributed by atoms with Crippen LogP contribution in [0.2, 0.25) is 0 Å². The first-order valence-corrected chi connectivity index (χ1v) is 9.97. The number of esters is 2. The number of ether oxygens (including phenoxy) is 2. The molecule has 4 nitrogen and oxygen atoms in total. The molecule has 4 heteroatoms. The third-order valence-corrected chi connectivity index (χ3v) is 3.81. The molecule has 0 bridgehead atoms. The van der Waals surface area contributed by atoms with Crippen molar-refractivity contribution < 1.29 is 19.1 Å². The summed E-state index contributed by atoms with van der Waals surface area (Å²) in [5.74, 6) is 5.62. The van der Waals surface area contributed by atoms with Gasteiger partial charge in [0, 0.05) is 12.8 Å². The molecule has 0 aromatic carbocycles. The molecule has 25 heavy (non-hydrogen) atoms. The normalized spacial score (nSPS) is 10.0. The molecule has 0 heterocycles. The van der Waals surface area contributed by atoms with Gasteiger partial charge in [0.1, 0.15) is 0 Å². The second-order valence-corrected chi connectivity index (χ2v) is 6.23. The molecule has 0 amide bonds. The van der Waals surface area contributed by atoms with Crippen LogP contribution < -0.4 is 0 Å². The molecule has 0 N–H and O–H groups in total. The lowest BCUT2D eigenvalue weighted by Crippen LogP contribution is -2.11. The Morgan fingerprint density at radius 3 is 1.76 bits per heavy atom. The average molecular weight is 353 g/mol. The predicted molar refractivity (Wildman–Crippen MR) is 101 cm³/mol. The van der Waals surface area contributed by atoms with E-state index in [0.29, 0.717) is 13.2 Å². The molecule has 0 atom stereocenters. The van der Waals surface area contributed by atoms with Gasteiger partial charge in [0.15, 0.2) is 0 Å². The van der Waals surface area contributed by atoms with E-state index in [2.05, 4.69) is 25.7 Å². The molecule has 0 aliphatic heterocycles. The van der Waals surface area contributed by atoms with E-state index in [1.54, 1.807) is 0 Å². The number of unbranched alkanes of at least 4 members (excludes halogenated alkanes) is 8. The van der Waals surface area contributed by atoms with E-state index in [1.807, 2.05) is 0 Å². The van der Waals surface area contributed by atoms with Crippen molar-refractivity contribution in [2.24, 2.45) is 0 Å². The first kappa shape index (κ1) is 23.5. The fraction of sp³-hybridized carbons (Fsp3) is 0.810. The third-order valence-electron chi connectivity index (χ3n) is 3.81. The van der Waals surface area contributed by atoms with Crippen LogP contribution in [0.5, 0.6) is 0 Å². The van der Waals surface area contributed by atoms with E-state index < -0.39 is 0 Å². The van der Waals surface area contributed by atoms with Crippen LogP contribution in [0.1, 0.15) is 97.3 Å². The lowest BCUT2D eigenvalue weighted by molar-refractivity contribution is -0.150.